The number of fused-ring (bicyclic) bond motifs is 3. The van der Waals surface area contributed by atoms with E-state index in [1.165, 1.54) is 0 Å². The summed E-state index contributed by atoms with van der Waals surface area (Å²) in [4.78, 5) is 24.5. The first-order valence-corrected chi connectivity index (χ1v) is 8.30. The third-order valence-corrected chi connectivity index (χ3v) is 5.43. The van der Waals surface area contributed by atoms with Crippen LogP contribution in [0.2, 0.25) is 0 Å². The van der Waals surface area contributed by atoms with Crippen LogP contribution >= 0.6 is 0 Å². The highest BCUT2D eigenvalue weighted by Gasteiger charge is 2.50. The highest BCUT2D eigenvalue weighted by atomic mass is 16.5. The first-order valence-electron chi connectivity index (χ1n) is 8.30. The Hall–Kier alpha value is -2.24. The number of benzene rings is 1. The van der Waals surface area contributed by atoms with Crippen molar-refractivity contribution < 1.29 is 24.2 Å². The Bertz CT molecular complexity index is 614. The maximum Gasteiger partial charge on any atom is 0.307 e. The smallest absolute Gasteiger partial charge is 0.307 e. The van der Waals surface area contributed by atoms with E-state index in [1.807, 2.05) is 0 Å². The number of carboxylic acid groups (broad SMARTS) is 1. The van der Waals surface area contributed by atoms with Crippen molar-refractivity contribution in [2.75, 3.05) is 19.5 Å². The molecular weight excluding hydrogens is 310 g/mol. The molecule has 3 aliphatic rings. The van der Waals surface area contributed by atoms with Gasteiger partial charge < -0.3 is 19.9 Å². The number of rotatable bonds is 5. The number of aliphatic carboxylic acids is 1. The molecule has 1 aromatic rings. The van der Waals surface area contributed by atoms with Crippen LogP contribution in [0.25, 0.3) is 0 Å². The summed E-state index contributed by atoms with van der Waals surface area (Å²) in [5, 5.41) is 12.5. The Morgan fingerprint density at radius 1 is 0.958 bits per heavy atom. The molecule has 2 bridgehead atoms. The summed E-state index contributed by atoms with van der Waals surface area (Å²) in [6.45, 7) is 0. The van der Waals surface area contributed by atoms with E-state index in [2.05, 4.69) is 5.32 Å². The van der Waals surface area contributed by atoms with E-state index in [0.717, 1.165) is 25.7 Å². The predicted molar refractivity (Wildman–Crippen MR) is 88.2 cm³/mol. The zero-order chi connectivity index (χ0) is 17.3. The second-order valence-corrected chi connectivity index (χ2v) is 6.66. The Labute approximate surface area is 141 Å². The van der Waals surface area contributed by atoms with Gasteiger partial charge in [-0.15, -0.1) is 0 Å². The SMILES string of the molecule is COc1cc(NC(=O)[C@H]2C3CCC(CC3)[C@H]2C(=O)O)cc(OC)c1. The summed E-state index contributed by atoms with van der Waals surface area (Å²) in [5.41, 5.74) is 0.557. The first-order chi connectivity index (χ1) is 11.5. The Kier molecular flexibility index (Phi) is 4.64. The maximum atomic E-state index is 12.8. The highest BCUT2D eigenvalue weighted by Crippen LogP contribution is 2.49. The average Bonchev–Trinajstić information content (AvgIpc) is 2.61. The molecule has 0 radical (unpaired) electrons. The van der Waals surface area contributed by atoms with Gasteiger partial charge in [-0.2, -0.15) is 0 Å². The average molecular weight is 333 g/mol. The zero-order valence-electron chi connectivity index (χ0n) is 14.0. The van der Waals surface area contributed by atoms with Gasteiger partial charge in [0.1, 0.15) is 11.5 Å². The van der Waals surface area contributed by atoms with Crippen LogP contribution in [-0.2, 0) is 9.59 Å². The normalized spacial score (nSPS) is 28.2. The first kappa shape index (κ1) is 16.6. The number of nitrogens with one attached hydrogen (secondary N) is 1. The van der Waals surface area contributed by atoms with E-state index in [9.17, 15) is 14.7 Å². The minimum atomic E-state index is -0.854. The summed E-state index contributed by atoms with van der Waals surface area (Å²) in [6.07, 6.45) is 3.71. The molecule has 1 amide bonds. The van der Waals surface area contributed by atoms with Crippen LogP contribution in [0.1, 0.15) is 25.7 Å². The summed E-state index contributed by atoms with van der Waals surface area (Å²) in [6, 6.07) is 5.13. The molecule has 130 valence electrons. The molecule has 0 spiro atoms. The molecule has 0 unspecified atom stereocenters. The maximum absolute atomic E-state index is 12.8. The van der Waals surface area contributed by atoms with Crippen LogP contribution in [0.15, 0.2) is 18.2 Å². The zero-order valence-corrected chi connectivity index (χ0v) is 14.0. The lowest BCUT2D eigenvalue weighted by Crippen LogP contribution is -2.49. The van der Waals surface area contributed by atoms with E-state index in [1.54, 1.807) is 32.4 Å². The summed E-state index contributed by atoms with van der Waals surface area (Å²) >= 11 is 0. The van der Waals surface area contributed by atoms with Crippen LogP contribution in [0, 0.1) is 23.7 Å². The monoisotopic (exact) mass is 333 g/mol. The van der Waals surface area contributed by atoms with E-state index >= 15 is 0 Å². The number of amides is 1. The number of hydrogen-bond donors (Lipinski definition) is 2. The number of methoxy groups -OCH3 is 2. The Morgan fingerprint density at radius 2 is 1.46 bits per heavy atom. The van der Waals surface area contributed by atoms with Crippen molar-refractivity contribution in [2.24, 2.45) is 23.7 Å². The van der Waals surface area contributed by atoms with Gasteiger partial charge in [0.15, 0.2) is 0 Å². The summed E-state index contributed by atoms with van der Waals surface area (Å²) < 4.78 is 10.4. The molecule has 2 N–H and O–H groups in total. The van der Waals surface area contributed by atoms with Gasteiger partial charge in [-0.25, -0.2) is 0 Å². The lowest BCUT2D eigenvalue weighted by molar-refractivity contribution is -0.156. The van der Waals surface area contributed by atoms with Crippen molar-refractivity contribution in [3.8, 4) is 11.5 Å². The predicted octanol–water partition coefficient (Wildman–Crippen LogP) is 2.78. The van der Waals surface area contributed by atoms with Gasteiger partial charge in [0.05, 0.1) is 26.1 Å². The molecule has 24 heavy (non-hydrogen) atoms. The quantitative estimate of drug-likeness (QED) is 0.865. The van der Waals surface area contributed by atoms with Crippen LogP contribution in [0.3, 0.4) is 0 Å². The Balaban J connectivity index is 1.82. The van der Waals surface area contributed by atoms with Crippen LogP contribution in [0.4, 0.5) is 5.69 Å². The molecule has 0 aromatic heterocycles. The molecule has 4 rings (SSSR count). The number of carbonyl (C=O) groups excluding carboxylic acids is 1. The minimum absolute atomic E-state index is 0.114. The van der Waals surface area contributed by atoms with Crippen LogP contribution < -0.4 is 14.8 Å². The van der Waals surface area contributed by atoms with Crippen LogP contribution in [0.5, 0.6) is 11.5 Å². The lowest BCUT2D eigenvalue weighted by Gasteiger charge is -2.45. The molecule has 3 aliphatic carbocycles. The number of carboxylic acids is 1. The van der Waals surface area contributed by atoms with Crippen molar-refractivity contribution >= 4 is 17.6 Å². The van der Waals surface area contributed by atoms with Crippen molar-refractivity contribution in [1.82, 2.24) is 0 Å². The van der Waals surface area contributed by atoms with E-state index < -0.39 is 17.8 Å². The summed E-state index contributed by atoms with van der Waals surface area (Å²) in [7, 11) is 3.09. The largest absolute Gasteiger partial charge is 0.497 e. The minimum Gasteiger partial charge on any atom is -0.497 e. The van der Waals surface area contributed by atoms with Crippen molar-refractivity contribution in [1.29, 1.82) is 0 Å². The lowest BCUT2D eigenvalue weighted by atomic mass is 9.58. The molecule has 3 fully saturated rings. The van der Waals surface area contributed by atoms with Crippen molar-refractivity contribution in [3.63, 3.8) is 0 Å². The molecular formula is C18H23NO5. The van der Waals surface area contributed by atoms with E-state index in [0.29, 0.717) is 17.2 Å². The molecule has 6 heteroatoms. The second-order valence-electron chi connectivity index (χ2n) is 6.66. The van der Waals surface area contributed by atoms with Gasteiger partial charge in [-0.1, -0.05) is 0 Å². The van der Waals surface area contributed by atoms with Crippen molar-refractivity contribution in [2.45, 2.75) is 25.7 Å². The third kappa shape index (κ3) is 3.05. The van der Waals surface area contributed by atoms with E-state index in [-0.39, 0.29) is 17.7 Å². The fraction of sp³-hybridized carbons (Fsp3) is 0.556. The summed E-state index contributed by atoms with van der Waals surface area (Å²) in [5.74, 6) is -0.696. The van der Waals surface area contributed by atoms with E-state index in [4.69, 9.17) is 9.47 Å². The van der Waals surface area contributed by atoms with Crippen molar-refractivity contribution in [3.05, 3.63) is 18.2 Å². The molecule has 0 heterocycles. The molecule has 0 saturated heterocycles. The number of hydrogen-bond acceptors (Lipinski definition) is 4. The molecule has 0 aliphatic heterocycles. The Morgan fingerprint density at radius 3 is 1.92 bits per heavy atom. The highest BCUT2D eigenvalue weighted by molar-refractivity contribution is 5.96. The second kappa shape index (κ2) is 6.71. The fourth-order valence-corrected chi connectivity index (χ4v) is 4.29. The fourth-order valence-electron chi connectivity index (χ4n) is 4.29. The number of anilines is 1. The topological polar surface area (TPSA) is 84.9 Å². The van der Waals surface area contributed by atoms with Gasteiger partial charge in [0.2, 0.25) is 5.91 Å². The molecule has 2 atom stereocenters. The molecule has 3 saturated carbocycles. The van der Waals surface area contributed by atoms with Gasteiger partial charge in [0.25, 0.3) is 0 Å². The standard InChI is InChI=1S/C18H23NO5/c1-23-13-7-12(8-14(9-13)24-2)19-17(20)15-10-3-5-11(6-4-10)16(15)18(21)22/h7-11,15-16H,3-6H2,1-2H3,(H,19,20)(H,21,22)/t10?,11?,15-,16+/m0/s1. The number of carbonyl (C=O) groups is 2. The van der Waals surface area contributed by atoms with Crippen LogP contribution in [-0.4, -0.2) is 31.2 Å². The molecule has 1 aromatic carbocycles. The van der Waals surface area contributed by atoms with Gasteiger partial charge in [-0.05, 0) is 37.5 Å². The van der Waals surface area contributed by atoms with Gasteiger partial charge >= 0.3 is 5.97 Å². The third-order valence-electron chi connectivity index (χ3n) is 5.43. The molecule has 6 nitrogen and oxygen atoms in total. The van der Waals surface area contributed by atoms with Gasteiger partial charge in [-0.3, -0.25) is 9.59 Å². The van der Waals surface area contributed by atoms with Gasteiger partial charge in [0, 0.05) is 23.9 Å². The number of ether oxygens (including phenoxy) is 2.